The van der Waals surface area contributed by atoms with E-state index in [1.807, 2.05) is 42.5 Å². The maximum Gasteiger partial charge on any atom is 0.332 e. The summed E-state index contributed by atoms with van der Waals surface area (Å²) in [4.78, 5) is 10.5. The van der Waals surface area contributed by atoms with E-state index in [2.05, 4.69) is 10.5 Å². The number of carbonyl (C=O) groups is 1. The van der Waals surface area contributed by atoms with Gasteiger partial charge in [0, 0.05) is 10.6 Å². The molecular weight excluding hydrogens is 290 g/mol. The van der Waals surface area contributed by atoms with Crippen LogP contribution >= 0.6 is 11.6 Å². The zero-order valence-electron chi connectivity index (χ0n) is 11.1. The van der Waals surface area contributed by atoms with Crippen LogP contribution in [-0.2, 0) is 6.61 Å². The van der Waals surface area contributed by atoms with Crippen molar-refractivity contribution in [1.29, 1.82) is 0 Å². The zero-order chi connectivity index (χ0) is 15.1. The first-order chi connectivity index (χ1) is 10.1. The first-order valence-corrected chi connectivity index (χ1v) is 6.58. The second kappa shape index (κ2) is 7.31. The molecular formula is C15H14ClN3O2. The number of urea groups is 1. The lowest BCUT2D eigenvalue weighted by atomic mass is 10.2. The molecule has 6 heteroatoms. The number of carbonyl (C=O) groups excluding carboxylic acids is 1. The van der Waals surface area contributed by atoms with Crippen LogP contribution in [0.3, 0.4) is 0 Å². The number of rotatable bonds is 5. The van der Waals surface area contributed by atoms with E-state index in [4.69, 9.17) is 22.1 Å². The Labute approximate surface area is 127 Å². The highest BCUT2D eigenvalue weighted by molar-refractivity contribution is 6.31. The summed E-state index contributed by atoms with van der Waals surface area (Å²) in [6.45, 7) is 0.375. The Morgan fingerprint density at radius 3 is 2.86 bits per heavy atom. The van der Waals surface area contributed by atoms with Gasteiger partial charge in [0.1, 0.15) is 12.4 Å². The van der Waals surface area contributed by atoms with E-state index in [1.165, 1.54) is 6.21 Å². The van der Waals surface area contributed by atoms with Crippen molar-refractivity contribution in [3.05, 3.63) is 64.7 Å². The van der Waals surface area contributed by atoms with Crippen LogP contribution in [0.4, 0.5) is 4.79 Å². The van der Waals surface area contributed by atoms with Gasteiger partial charge in [-0.1, -0.05) is 41.9 Å². The molecule has 0 aliphatic rings. The number of halogens is 1. The summed E-state index contributed by atoms with van der Waals surface area (Å²) < 4.78 is 5.68. The van der Waals surface area contributed by atoms with E-state index in [-0.39, 0.29) is 0 Å². The van der Waals surface area contributed by atoms with Crippen LogP contribution in [0.15, 0.2) is 53.6 Å². The number of benzene rings is 2. The topological polar surface area (TPSA) is 76.7 Å². The fourth-order valence-corrected chi connectivity index (χ4v) is 1.82. The van der Waals surface area contributed by atoms with Crippen LogP contribution in [0.25, 0.3) is 0 Å². The lowest BCUT2D eigenvalue weighted by molar-refractivity contribution is 0.249. The summed E-state index contributed by atoms with van der Waals surface area (Å²) in [5.74, 6) is 0.679. The van der Waals surface area contributed by atoms with Crippen LogP contribution in [0.1, 0.15) is 11.1 Å². The molecule has 2 rings (SSSR count). The molecule has 2 aromatic carbocycles. The monoisotopic (exact) mass is 303 g/mol. The number of hydrogen-bond donors (Lipinski definition) is 2. The SMILES string of the molecule is NC(=O)N/N=C\c1cccc(OCc2ccccc2Cl)c1. The summed E-state index contributed by atoms with van der Waals surface area (Å²) in [6, 6.07) is 14.1. The molecule has 2 amide bonds. The van der Waals surface area contributed by atoms with Crippen molar-refractivity contribution in [1.82, 2.24) is 5.43 Å². The third kappa shape index (κ3) is 4.81. The minimum absolute atomic E-state index is 0.375. The van der Waals surface area contributed by atoms with Gasteiger partial charge in [0.05, 0.1) is 6.21 Å². The number of nitrogens with zero attached hydrogens (tertiary/aromatic N) is 1. The normalized spacial score (nSPS) is 10.5. The Morgan fingerprint density at radius 1 is 1.29 bits per heavy atom. The maximum absolute atomic E-state index is 10.5. The number of primary amides is 1. The Bertz CT molecular complexity index is 659. The summed E-state index contributed by atoms with van der Waals surface area (Å²) in [5, 5.41) is 4.36. The van der Waals surface area contributed by atoms with Crippen molar-refractivity contribution in [2.75, 3.05) is 0 Å². The zero-order valence-corrected chi connectivity index (χ0v) is 11.9. The average molecular weight is 304 g/mol. The molecule has 3 N–H and O–H groups in total. The predicted octanol–water partition coefficient (Wildman–Crippen LogP) is 2.92. The molecule has 0 aliphatic heterocycles. The minimum atomic E-state index is -0.711. The van der Waals surface area contributed by atoms with Crippen molar-refractivity contribution in [2.24, 2.45) is 10.8 Å². The van der Waals surface area contributed by atoms with Crippen LogP contribution in [0.5, 0.6) is 5.75 Å². The van der Waals surface area contributed by atoms with E-state index in [0.29, 0.717) is 17.4 Å². The van der Waals surface area contributed by atoms with Crippen molar-refractivity contribution < 1.29 is 9.53 Å². The van der Waals surface area contributed by atoms with Crippen molar-refractivity contribution in [3.63, 3.8) is 0 Å². The lowest BCUT2D eigenvalue weighted by Crippen LogP contribution is -2.24. The van der Waals surface area contributed by atoms with E-state index < -0.39 is 6.03 Å². The van der Waals surface area contributed by atoms with E-state index in [1.54, 1.807) is 6.07 Å². The largest absolute Gasteiger partial charge is 0.489 e. The Hall–Kier alpha value is -2.53. The highest BCUT2D eigenvalue weighted by Crippen LogP contribution is 2.19. The number of hydrogen-bond acceptors (Lipinski definition) is 3. The smallest absolute Gasteiger partial charge is 0.332 e. The van der Waals surface area contributed by atoms with E-state index >= 15 is 0 Å². The molecule has 0 saturated carbocycles. The van der Waals surface area contributed by atoms with E-state index in [0.717, 1.165) is 11.1 Å². The molecule has 0 aromatic heterocycles. The second-order valence-electron chi connectivity index (χ2n) is 4.19. The van der Waals surface area contributed by atoms with Gasteiger partial charge in [-0.2, -0.15) is 5.10 Å². The molecule has 0 radical (unpaired) electrons. The molecule has 0 aliphatic carbocycles. The Balaban J connectivity index is 1.99. The average Bonchev–Trinajstić information content (AvgIpc) is 2.46. The molecule has 0 unspecified atom stereocenters. The maximum atomic E-state index is 10.5. The molecule has 108 valence electrons. The van der Waals surface area contributed by atoms with E-state index in [9.17, 15) is 4.79 Å². The fraction of sp³-hybridized carbons (Fsp3) is 0.0667. The third-order valence-electron chi connectivity index (χ3n) is 2.60. The number of nitrogens with two attached hydrogens (primary N) is 1. The number of amides is 2. The molecule has 0 fully saturated rings. The van der Waals surface area contributed by atoms with Gasteiger partial charge in [-0.25, -0.2) is 10.2 Å². The molecule has 0 spiro atoms. The lowest BCUT2D eigenvalue weighted by Gasteiger charge is -2.08. The van der Waals surface area contributed by atoms with Crippen LogP contribution in [0.2, 0.25) is 5.02 Å². The molecule has 5 nitrogen and oxygen atoms in total. The van der Waals surface area contributed by atoms with Gasteiger partial charge in [0.25, 0.3) is 0 Å². The van der Waals surface area contributed by atoms with Crippen molar-refractivity contribution in [2.45, 2.75) is 6.61 Å². The van der Waals surface area contributed by atoms with Gasteiger partial charge in [-0.15, -0.1) is 0 Å². The first kappa shape index (κ1) is 14.9. The molecule has 21 heavy (non-hydrogen) atoms. The predicted molar refractivity (Wildman–Crippen MR) is 82.5 cm³/mol. The van der Waals surface area contributed by atoms with Crippen LogP contribution in [0, 0.1) is 0 Å². The number of ether oxygens (including phenoxy) is 1. The quantitative estimate of drug-likeness (QED) is 0.658. The standard InChI is InChI=1S/C15H14ClN3O2/c16-14-7-2-1-5-12(14)10-21-13-6-3-4-11(8-13)9-18-19-15(17)20/h1-9H,10H2,(H3,17,19,20)/b18-9-. The van der Waals surface area contributed by atoms with Crippen LogP contribution < -0.4 is 15.9 Å². The summed E-state index contributed by atoms with van der Waals surface area (Å²) >= 11 is 6.07. The fourth-order valence-electron chi connectivity index (χ4n) is 1.63. The Morgan fingerprint density at radius 2 is 2.10 bits per heavy atom. The highest BCUT2D eigenvalue weighted by Gasteiger charge is 2.01. The van der Waals surface area contributed by atoms with Gasteiger partial charge in [0.15, 0.2) is 0 Å². The number of hydrazone groups is 1. The van der Waals surface area contributed by atoms with Gasteiger partial charge in [-0.05, 0) is 23.8 Å². The number of nitrogens with one attached hydrogen (secondary N) is 1. The van der Waals surface area contributed by atoms with Crippen molar-refractivity contribution >= 4 is 23.8 Å². The van der Waals surface area contributed by atoms with Gasteiger partial charge in [-0.3, -0.25) is 0 Å². The molecule has 0 atom stereocenters. The molecule has 0 saturated heterocycles. The van der Waals surface area contributed by atoms with Gasteiger partial charge >= 0.3 is 6.03 Å². The van der Waals surface area contributed by atoms with Gasteiger partial charge < -0.3 is 10.5 Å². The Kier molecular flexibility index (Phi) is 5.17. The van der Waals surface area contributed by atoms with Gasteiger partial charge in [0.2, 0.25) is 0 Å². The second-order valence-corrected chi connectivity index (χ2v) is 4.59. The summed E-state index contributed by atoms with van der Waals surface area (Å²) in [5.41, 5.74) is 8.73. The summed E-state index contributed by atoms with van der Waals surface area (Å²) in [6.07, 6.45) is 1.48. The minimum Gasteiger partial charge on any atom is -0.489 e. The molecule has 0 bridgehead atoms. The van der Waals surface area contributed by atoms with Crippen molar-refractivity contribution in [3.8, 4) is 5.75 Å². The molecule has 2 aromatic rings. The third-order valence-corrected chi connectivity index (χ3v) is 2.97. The summed E-state index contributed by atoms with van der Waals surface area (Å²) in [7, 11) is 0. The van der Waals surface area contributed by atoms with Crippen LogP contribution in [-0.4, -0.2) is 12.2 Å². The molecule has 0 heterocycles. The highest BCUT2D eigenvalue weighted by atomic mass is 35.5. The first-order valence-electron chi connectivity index (χ1n) is 6.20.